The van der Waals surface area contributed by atoms with Crippen molar-refractivity contribution in [1.29, 1.82) is 0 Å². The van der Waals surface area contributed by atoms with Crippen LogP contribution >= 0.6 is 0 Å². The smallest absolute Gasteiger partial charge is 0.127 e. The molecule has 0 aliphatic carbocycles. The summed E-state index contributed by atoms with van der Waals surface area (Å²) in [4.78, 5) is 0. The van der Waals surface area contributed by atoms with E-state index in [9.17, 15) is 10.2 Å². The highest BCUT2D eigenvalue weighted by molar-refractivity contribution is 5.48. The van der Waals surface area contributed by atoms with E-state index >= 15 is 0 Å². The van der Waals surface area contributed by atoms with Crippen LogP contribution in [0.1, 0.15) is 17.2 Å². The van der Waals surface area contributed by atoms with E-state index in [0.29, 0.717) is 11.1 Å². The molecule has 0 heterocycles. The van der Waals surface area contributed by atoms with E-state index < -0.39 is 6.04 Å². The van der Waals surface area contributed by atoms with Crippen molar-refractivity contribution in [1.82, 2.24) is 0 Å². The van der Waals surface area contributed by atoms with Crippen LogP contribution in [0, 0.1) is 6.92 Å². The first-order valence-electron chi connectivity index (χ1n) is 3.95. The molecule has 0 radical (unpaired) electrons. The number of phenols is 2. The van der Waals surface area contributed by atoms with Crippen LogP contribution in [0.25, 0.3) is 0 Å². The van der Waals surface area contributed by atoms with Crippen molar-refractivity contribution in [2.75, 3.05) is 6.61 Å². The zero-order chi connectivity index (χ0) is 10.0. The van der Waals surface area contributed by atoms with Gasteiger partial charge in [0, 0.05) is 11.1 Å². The molecule has 5 N–H and O–H groups in total. The third kappa shape index (κ3) is 1.74. The van der Waals surface area contributed by atoms with E-state index in [1.807, 2.05) is 0 Å². The topological polar surface area (TPSA) is 86.7 Å². The van der Waals surface area contributed by atoms with Crippen LogP contribution in [-0.4, -0.2) is 21.9 Å². The second-order valence-corrected chi connectivity index (χ2v) is 2.94. The van der Waals surface area contributed by atoms with Crippen molar-refractivity contribution in [2.45, 2.75) is 13.0 Å². The molecule has 0 spiro atoms. The number of phenolic OH excluding ortho intramolecular Hbond substituents is 2. The molecule has 0 aliphatic rings. The summed E-state index contributed by atoms with van der Waals surface area (Å²) in [5, 5.41) is 27.5. The Morgan fingerprint density at radius 2 is 2.00 bits per heavy atom. The Balaban J connectivity index is 3.18. The zero-order valence-corrected chi connectivity index (χ0v) is 7.36. The van der Waals surface area contributed by atoms with Gasteiger partial charge in [-0.1, -0.05) is 0 Å². The summed E-state index contributed by atoms with van der Waals surface area (Å²) in [6.45, 7) is 1.34. The van der Waals surface area contributed by atoms with Crippen LogP contribution in [-0.2, 0) is 0 Å². The predicted octanol–water partition coefficient (Wildman–Crippen LogP) is 0.398. The molecule has 4 heteroatoms. The first kappa shape index (κ1) is 9.83. The first-order valence-corrected chi connectivity index (χ1v) is 3.95. The average molecular weight is 183 g/mol. The number of benzene rings is 1. The quantitative estimate of drug-likeness (QED) is 0.534. The molecule has 0 amide bonds. The van der Waals surface area contributed by atoms with Crippen LogP contribution in [0.2, 0.25) is 0 Å². The number of rotatable bonds is 2. The fourth-order valence-corrected chi connectivity index (χ4v) is 1.11. The van der Waals surface area contributed by atoms with Gasteiger partial charge in [-0.15, -0.1) is 0 Å². The number of hydrogen-bond donors (Lipinski definition) is 4. The molecule has 4 nitrogen and oxygen atoms in total. The summed E-state index contributed by atoms with van der Waals surface area (Å²) in [6, 6.07) is 2.33. The Morgan fingerprint density at radius 1 is 1.38 bits per heavy atom. The molecule has 0 aromatic heterocycles. The van der Waals surface area contributed by atoms with Gasteiger partial charge in [-0.3, -0.25) is 0 Å². The molecule has 13 heavy (non-hydrogen) atoms. The summed E-state index contributed by atoms with van der Waals surface area (Å²) >= 11 is 0. The van der Waals surface area contributed by atoms with Crippen LogP contribution in [0.4, 0.5) is 0 Å². The average Bonchev–Trinajstić information content (AvgIpc) is 2.13. The molecule has 1 aromatic rings. The Morgan fingerprint density at radius 3 is 2.54 bits per heavy atom. The maximum absolute atomic E-state index is 9.53. The standard InChI is InChI=1S/C9H13NO3/c1-5-8(12)3-2-6(9(5)13)7(10)4-11/h2-3,7,11-13H,4,10H2,1H3/t7-/m1/s1. The molecule has 1 aromatic carbocycles. The van der Waals surface area contributed by atoms with Gasteiger partial charge in [-0.2, -0.15) is 0 Å². The molecular weight excluding hydrogens is 170 g/mol. The van der Waals surface area contributed by atoms with Gasteiger partial charge in [0.1, 0.15) is 11.5 Å². The molecule has 0 fully saturated rings. The lowest BCUT2D eigenvalue weighted by atomic mass is 10.0. The summed E-state index contributed by atoms with van der Waals surface area (Å²) in [5.41, 5.74) is 6.34. The minimum absolute atomic E-state index is 0.0198. The van der Waals surface area contributed by atoms with E-state index in [4.69, 9.17) is 10.8 Å². The molecule has 1 rings (SSSR count). The van der Waals surface area contributed by atoms with E-state index in [-0.39, 0.29) is 18.1 Å². The van der Waals surface area contributed by atoms with Gasteiger partial charge in [0.25, 0.3) is 0 Å². The molecule has 0 aliphatic heterocycles. The van der Waals surface area contributed by atoms with Gasteiger partial charge in [0.2, 0.25) is 0 Å². The zero-order valence-electron chi connectivity index (χ0n) is 7.36. The van der Waals surface area contributed by atoms with Crippen molar-refractivity contribution >= 4 is 0 Å². The van der Waals surface area contributed by atoms with Crippen LogP contribution < -0.4 is 5.73 Å². The lowest BCUT2D eigenvalue weighted by Gasteiger charge is -2.12. The van der Waals surface area contributed by atoms with Crippen molar-refractivity contribution < 1.29 is 15.3 Å². The van der Waals surface area contributed by atoms with Crippen molar-refractivity contribution in [2.24, 2.45) is 5.73 Å². The predicted molar refractivity (Wildman–Crippen MR) is 48.5 cm³/mol. The van der Waals surface area contributed by atoms with E-state index in [1.54, 1.807) is 6.92 Å². The molecule has 0 unspecified atom stereocenters. The molecule has 72 valence electrons. The largest absolute Gasteiger partial charge is 0.508 e. The number of aliphatic hydroxyl groups is 1. The van der Waals surface area contributed by atoms with Gasteiger partial charge >= 0.3 is 0 Å². The van der Waals surface area contributed by atoms with Gasteiger partial charge in [0.05, 0.1) is 12.6 Å². The minimum atomic E-state index is -0.612. The number of hydrogen-bond acceptors (Lipinski definition) is 4. The highest BCUT2D eigenvalue weighted by atomic mass is 16.3. The van der Waals surface area contributed by atoms with Crippen molar-refractivity contribution in [3.8, 4) is 11.5 Å². The van der Waals surface area contributed by atoms with Gasteiger partial charge in [-0.25, -0.2) is 0 Å². The number of aliphatic hydroxyl groups excluding tert-OH is 1. The molecule has 0 saturated heterocycles. The van der Waals surface area contributed by atoms with Gasteiger partial charge in [-0.05, 0) is 19.1 Å². The second kappa shape index (κ2) is 3.64. The fraction of sp³-hybridized carbons (Fsp3) is 0.333. The molecule has 0 saturated carbocycles. The summed E-state index contributed by atoms with van der Waals surface area (Å²) in [5.74, 6) is -0.0343. The number of aromatic hydroxyl groups is 2. The lowest BCUT2D eigenvalue weighted by Crippen LogP contribution is -2.14. The SMILES string of the molecule is Cc1c(O)ccc([C@H](N)CO)c1O. The fourth-order valence-electron chi connectivity index (χ4n) is 1.11. The maximum atomic E-state index is 9.53. The van der Waals surface area contributed by atoms with Crippen LogP contribution in [0.15, 0.2) is 12.1 Å². The Hall–Kier alpha value is -1.26. The summed E-state index contributed by atoms with van der Waals surface area (Å²) in [7, 11) is 0. The lowest BCUT2D eigenvalue weighted by molar-refractivity contribution is 0.265. The third-order valence-corrected chi connectivity index (χ3v) is 2.03. The van der Waals surface area contributed by atoms with Crippen LogP contribution in [0.5, 0.6) is 11.5 Å². The van der Waals surface area contributed by atoms with E-state index in [2.05, 4.69) is 0 Å². The minimum Gasteiger partial charge on any atom is -0.508 e. The molecule has 1 atom stereocenters. The third-order valence-electron chi connectivity index (χ3n) is 2.03. The Kier molecular flexibility index (Phi) is 2.75. The highest BCUT2D eigenvalue weighted by Crippen LogP contribution is 2.32. The normalized spacial score (nSPS) is 12.8. The second-order valence-electron chi connectivity index (χ2n) is 2.94. The first-order chi connectivity index (χ1) is 6.07. The maximum Gasteiger partial charge on any atom is 0.127 e. The summed E-state index contributed by atoms with van der Waals surface area (Å²) in [6.07, 6.45) is 0. The van der Waals surface area contributed by atoms with E-state index in [1.165, 1.54) is 12.1 Å². The van der Waals surface area contributed by atoms with Gasteiger partial charge in [0.15, 0.2) is 0 Å². The Labute approximate surface area is 76.2 Å². The highest BCUT2D eigenvalue weighted by Gasteiger charge is 2.13. The van der Waals surface area contributed by atoms with Gasteiger partial charge < -0.3 is 21.1 Å². The number of nitrogens with two attached hydrogens (primary N) is 1. The van der Waals surface area contributed by atoms with Crippen LogP contribution in [0.3, 0.4) is 0 Å². The van der Waals surface area contributed by atoms with Crippen molar-refractivity contribution in [3.63, 3.8) is 0 Å². The Bertz CT molecular complexity index is 312. The summed E-state index contributed by atoms with van der Waals surface area (Å²) < 4.78 is 0. The molecule has 0 bridgehead atoms. The molecular formula is C9H13NO3. The van der Waals surface area contributed by atoms with E-state index in [0.717, 1.165) is 0 Å². The van der Waals surface area contributed by atoms with Crippen molar-refractivity contribution in [3.05, 3.63) is 23.3 Å². The monoisotopic (exact) mass is 183 g/mol.